The molecule has 0 radical (unpaired) electrons. The van der Waals surface area contributed by atoms with Gasteiger partial charge in [-0.3, -0.25) is 0 Å². The van der Waals surface area contributed by atoms with Gasteiger partial charge in [-0.2, -0.15) is 0 Å². The largest absolute Gasteiger partial charge is 0.381 e. The summed E-state index contributed by atoms with van der Waals surface area (Å²) in [7, 11) is 1.98. The van der Waals surface area contributed by atoms with Gasteiger partial charge in [-0.25, -0.2) is 0 Å². The van der Waals surface area contributed by atoms with E-state index >= 15 is 0 Å². The summed E-state index contributed by atoms with van der Waals surface area (Å²) in [5, 5.41) is 3.12. The van der Waals surface area contributed by atoms with Crippen molar-refractivity contribution in [1.82, 2.24) is 5.32 Å². The van der Waals surface area contributed by atoms with Gasteiger partial charge in [-0.05, 0) is 38.8 Å². The van der Waals surface area contributed by atoms with Crippen LogP contribution in [0.2, 0.25) is 0 Å². The van der Waals surface area contributed by atoms with Gasteiger partial charge in [-0.15, -0.1) is 0 Å². The number of hydrogen-bond acceptors (Lipinski definition) is 2. The molecule has 0 aromatic heterocycles. The van der Waals surface area contributed by atoms with E-state index in [9.17, 15) is 0 Å². The van der Waals surface area contributed by atoms with Crippen LogP contribution >= 0.6 is 0 Å². The van der Waals surface area contributed by atoms with Crippen LogP contribution < -0.4 is 5.32 Å². The summed E-state index contributed by atoms with van der Waals surface area (Å²) in [5.41, 5.74) is 0. The van der Waals surface area contributed by atoms with Gasteiger partial charge in [0.2, 0.25) is 0 Å². The Morgan fingerprint density at radius 3 is 3.08 bits per heavy atom. The van der Waals surface area contributed by atoms with E-state index in [1.807, 2.05) is 7.05 Å². The van der Waals surface area contributed by atoms with Crippen LogP contribution in [0.5, 0.6) is 0 Å². The predicted molar refractivity (Wildman–Crippen MR) is 51.2 cm³/mol. The van der Waals surface area contributed by atoms with E-state index in [4.69, 9.17) is 4.74 Å². The molecule has 1 unspecified atom stereocenters. The Morgan fingerprint density at radius 2 is 2.42 bits per heavy atom. The summed E-state index contributed by atoms with van der Waals surface area (Å²) in [6.07, 6.45) is 8.13. The van der Waals surface area contributed by atoms with Crippen LogP contribution in [0.15, 0.2) is 12.2 Å². The summed E-state index contributed by atoms with van der Waals surface area (Å²) in [5.74, 6) is 0.788. The van der Waals surface area contributed by atoms with E-state index < -0.39 is 0 Å². The molecule has 12 heavy (non-hydrogen) atoms. The van der Waals surface area contributed by atoms with Gasteiger partial charge in [0.25, 0.3) is 0 Å². The maximum absolute atomic E-state index is 5.29. The average Bonchev–Trinajstić information content (AvgIpc) is 2.57. The van der Waals surface area contributed by atoms with E-state index in [-0.39, 0.29) is 0 Å². The highest BCUT2D eigenvalue weighted by atomic mass is 16.5. The second-order valence-electron chi connectivity index (χ2n) is 3.33. The molecule has 0 aromatic rings. The molecule has 1 heterocycles. The molecule has 0 saturated carbocycles. The Kier molecular flexibility index (Phi) is 5.04. The Bertz CT molecular complexity index is 128. The Balaban J connectivity index is 1.96. The number of ether oxygens (including phenoxy) is 1. The fraction of sp³-hybridized carbons (Fsp3) is 0.800. The zero-order valence-electron chi connectivity index (χ0n) is 7.88. The third-order valence-electron chi connectivity index (χ3n) is 2.22. The number of rotatable bonds is 5. The van der Waals surface area contributed by atoms with Crippen LogP contribution in [0.25, 0.3) is 0 Å². The van der Waals surface area contributed by atoms with Crippen LogP contribution in [0.3, 0.4) is 0 Å². The molecule has 0 spiro atoms. The standard InChI is InChI=1S/C10H19NO/c1-11-7-4-2-3-5-10-6-8-12-9-10/h2-3,10-11H,4-9H2,1H3/b3-2-. The van der Waals surface area contributed by atoms with Crippen molar-refractivity contribution in [3.8, 4) is 0 Å². The summed E-state index contributed by atoms with van der Waals surface area (Å²) >= 11 is 0. The molecule has 2 nitrogen and oxygen atoms in total. The first-order valence-corrected chi connectivity index (χ1v) is 4.81. The lowest BCUT2D eigenvalue weighted by Gasteiger charge is -2.00. The van der Waals surface area contributed by atoms with Gasteiger partial charge in [0.1, 0.15) is 0 Å². The smallest absolute Gasteiger partial charge is 0.0498 e. The number of hydrogen-bond donors (Lipinski definition) is 1. The van der Waals surface area contributed by atoms with Gasteiger partial charge in [-0.1, -0.05) is 12.2 Å². The van der Waals surface area contributed by atoms with Crippen LogP contribution in [-0.2, 0) is 4.74 Å². The first kappa shape index (κ1) is 9.75. The highest BCUT2D eigenvalue weighted by Gasteiger charge is 2.12. The maximum atomic E-state index is 5.29. The minimum Gasteiger partial charge on any atom is -0.381 e. The van der Waals surface area contributed by atoms with Crippen molar-refractivity contribution in [2.45, 2.75) is 19.3 Å². The van der Waals surface area contributed by atoms with Gasteiger partial charge < -0.3 is 10.1 Å². The van der Waals surface area contributed by atoms with Gasteiger partial charge >= 0.3 is 0 Å². The summed E-state index contributed by atoms with van der Waals surface area (Å²) in [4.78, 5) is 0. The van der Waals surface area contributed by atoms with E-state index in [1.54, 1.807) is 0 Å². The average molecular weight is 169 g/mol. The molecule has 0 aliphatic carbocycles. The van der Waals surface area contributed by atoms with Crippen LogP contribution in [0.1, 0.15) is 19.3 Å². The van der Waals surface area contributed by atoms with E-state index in [2.05, 4.69) is 17.5 Å². The molecular weight excluding hydrogens is 150 g/mol. The van der Waals surface area contributed by atoms with Crippen LogP contribution in [-0.4, -0.2) is 26.8 Å². The summed E-state index contributed by atoms with van der Waals surface area (Å²) < 4.78 is 5.29. The highest BCUT2D eigenvalue weighted by molar-refractivity contribution is 4.85. The lowest BCUT2D eigenvalue weighted by atomic mass is 10.1. The van der Waals surface area contributed by atoms with Crippen molar-refractivity contribution in [1.29, 1.82) is 0 Å². The Morgan fingerprint density at radius 1 is 1.50 bits per heavy atom. The quantitative estimate of drug-likeness (QED) is 0.498. The molecule has 0 bridgehead atoms. The van der Waals surface area contributed by atoms with Crippen molar-refractivity contribution in [2.24, 2.45) is 5.92 Å². The lowest BCUT2D eigenvalue weighted by molar-refractivity contribution is 0.186. The molecule has 1 fully saturated rings. The van der Waals surface area contributed by atoms with Crippen molar-refractivity contribution in [2.75, 3.05) is 26.8 Å². The minimum absolute atomic E-state index is 0.788. The predicted octanol–water partition coefficient (Wildman–Crippen LogP) is 1.58. The molecule has 0 aromatic carbocycles. The van der Waals surface area contributed by atoms with Gasteiger partial charge in [0.15, 0.2) is 0 Å². The Hall–Kier alpha value is -0.340. The van der Waals surface area contributed by atoms with Gasteiger partial charge in [0, 0.05) is 13.2 Å². The third-order valence-corrected chi connectivity index (χ3v) is 2.22. The van der Waals surface area contributed by atoms with Crippen molar-refractivity contribution < 1.29 is 4.74 Å². The zero-order valence-corrected chi connectivity index (χ0v) is 7.88. The number of allylic oxidation sites excluding steroid dienone is 1. The van der Waals surface area contributed by atoms with E-state index in [1.165, 1.54) is 12.8 Å². The van der Waals surface area contributed by atoms with Crippen molar-refractivity contribution in [3.63, 3.8) is 0 Å². The monoisotopic (exact) mass is 169 g/mol. The first-order chi connectivity index (χ1) is 5.93. The van der Waals surface area contributed by atoms with E-state index in [0.29, 0.717) is 0 Å². The molecule has 1 saturated heterocycles. The molecule has 1 atom stereocenters. The third kappa shape index (κ3) is 3.88. The van der Waals surface area contributed by atoms with Crippen molar-refractivity contribution in [3.05, 3.63) is 12.2 Å². The lowest BCUT2D eigenvalue weighted by Crippen LogP contribution is -2.05. The second-order valence-corrected chi connectivity index (χ2v) is 3.33. The van der Waals surface area contributed by atoms with Gasteiger partial charge in [0.05, 0.1) is 0 Å². The van der Waals surface area contributed by atoms with Crippen LogP contribution in [0, 0.1) is 5.92 Å². The molecule has 1 N–H and O–H groups in total. The van der Waals surface area contributed by atoms with Crippen molar-refractivity contribution >= 4 is 0 Å². The minimum atomic E-state index is 0.788. The Labute approximate surface area is 75.0 Å². The molecule has 1 aliphatic rings. The fourth-order valence-corrected chi connectivity index (χ4v) is 1.40. The molecular formula is C10H19NO. The fourth-order valence-electron chi connectivity index (χ4n) is 1.40. The molecule has 1 aliphatic heterocycles. The molecule has 0 amide bonds. The SMILES string of the molecule is CNCC/C=C\CC1CCOC1. The first-order valence-electron chi connectivity index (χ1n) is 4.81. The van der Waals surface area contributed by atoms with E-state index in [0.717, 1.165) is 32.1 Å². The summed E-state index contributed by atoms with van der Waals surface area (Å²) in [6, 6.07) is 0. The zero-order chi connectivity index (χ0) is 8.65. The molecule has 70 valence electrons. The normalized spacial score (nSPS) is 23.9. The number of nitrogens with one attached hydrogen (secondary N) is 1. The molecule has 1 rings (SSSR count). The second kappa shape index (κ2) is 6.21. The maximum Gasteiger partial charge on any atom is 0.0498 e. The molecule has 2 heteroatoms. The summed E-state index contributed by atoms with van der Waals surface area (Å²) in [6.45, 7) is 3.02. The highest BCUT2D eigenvalue weighted by Crippen LogP contribution is 2.16. The topological polar surface area (TPSA) is 21.3 Å². The van der Waals surface area contributed by atoms with Crippen LogP contribution in [0.4, 0.5) is 0 Å².